The van der Waals surface area contributed by atoms with E-state index >= 15 is 0 Å². The molecule has 1 aliphatic heterocycles. The number of carboxylic acid groups (broad SMARTS) is 1. The molecule has 8 heteroatoms. The van der Waals surface area contributed by atoms with E-state index in [4.69, 9.17) is 5.11 Å². The molecule has 0 aromatic rings. The van der Waals surface area contributed by atoms with Crippen LogP contribution in [0.15, 0.2) is 0 Å². The number of urea groups is 1. The van der Waals surface area contributed by atoms with E-state index in [0.29, 0.717) is 39.0 Å². The lowest BCUT2D eigenvalue weighted by Gasteiger charge is -2.30. The van der Waals surface area contributed by atoms with Crippen LogP contribution in [0.25, 0.3) is 0 Å². The first-order valence-electron chi connectivity index (χ1n) is 7.08. The molecular formula is C13H24N4O4. The minimum Gasteiger partial charge on any atom is -0.481 e. The van der Waals surface area contributed by atoms with E-state index < -0.39 is 5.97 Å². The molecule has 120 valence electrons. The smallest absolute Gasteiger partial charge is 0.316 e. The summed E-state index contributed by atoms with van der Waals surface area (Å²) in [4.78, 5) is 37.1. The predicted molar refractivity (Wildman–Crippen MR) is 76.9 cm³/mol. The Hall–Kier alpha value is -1.83. The van der Waals surface area contributed by atoms with Crippen LogP contribution in [0.5, 0.6) is 0 Å². The van der Waals surface area contributed by atoms with Crippen LogP contribution < -0.4 is 10.6 Å². The molecule has 0 radical (unpaired) electrons. The second kappa shape index (κ2) is 8.46. The van der Waals surface area contributed by atoms with E-state index in [0.717, 1.165) is 0 Å². The Morgan fingerprint density at radius 2 is 1.81 bits per heavy atom. The molecule has 3 amide bonds. The van der Waals surface area contributed by atoms with Gasteiger partial charge in [-0.15, -0.1) is 0 Å². The summed E-state index contributed by atoms with van der Waals surface area (Å²) in [6.07, 6.45) is 1.03. The number of nitrogens with zero attached hydrogens (tertiary/aromatic N) is 2. The normalized spacial score (nSPS) is 15.6. The Labute approximate surface area is 124 Å². The third-order valence-electron chi connectivity index (χ3n) is 3.46. The molecule has 0 aromatic carbocycles. The van der Waals surface area contributed by atoms with Gasteiger partial charge in [-0.05, 0) is 12.8 Å². The van der Waals surface area contributed by atoms with E-state index in [9.17, 15) is 14.4 Å². The third-order valence-corrected chi connectivity index (χ3v) is 3.46. The van der Waals surface area contributed by atoms with Crippen LogP contribution >= 0.6 is 0 Å². The fraction of sp³-hybridized carbons (Fsp3) is 0.769. The van der Waals surface area contributed by atoms with E-state index in [1.165, 1.54) is 4.90 Å². The van der Waals surface area contributed by atoms with Crippen molar-refractivity contribution in [3.63, 3.8) is 0 Å². The van der Waals surface area contributed by atoms with Gasteiger partial charge in [0.25, 0.3) is 0 Å². The highest BCUT2D eigenvalue weighted by molar-refractivity contribution is 5.79. The van der Waals surface area contributed by atoms with Gasteiger partial charge in [0.1, 0.15) is 0 Å². The van der Waals surface area contributed by atoms with Crippen molar-refractivity contribution in [3.05, 3.63) is 0 Å². The molecule has 0 spiro atoms. The van der Waals surface area contributed by atoms with Crippen LogP contribution in [0, 0.1) is 5.92 Å². The van der Waals surface area contributed by atoms with Crippen molar-refractivity contribution >= 4 is 17.9 Å². The maximum absolute atomic E-state index is 11.9. The van der Waals surface area contributed by atoms with Gasteiger partial charge in [-0.1, -0.05) is 0 Å². The van der Waals surface area contributed by atoms with Crippen molar-refractivity contribution in [2.75, 3.05) is 46.8 Å². The quantitative estimate of drug-likeness (QED) is 0.556. The van der Waals surface area contributed by atoms with Gasteiger partial charge in [0, 0.05) is 40.3 Å². The Balaban J connectivity index is 2.12. The van der Waals surface area contributed by atoms with Gasteiger partial charge in [0.05, 0.1) is 12.5 Å². The number of hydrogen-bond donors (Lipinski definition) is 3. The molecule has 1 aliphatic rings. The number of likely N-dealkylation sites (tertiary alicyclic amines) is 1. The van der Waals surface area contributed by atoms with Gasteiger partial charge in [-0.25, -0.2) is 4.79 Å². The molecule has 8 nitrogen and oxygen atoms in total. The zero-order chi connectivity index (χ0) is 15.8. The van der Waals surface area contributed by atoms with Crippen molar-refractivity contribution < 1.29 is 19.5 Å². The zero-order valence-electron chi connectivity index (χ0n) is 12.6. The Morgan fingerprint density at radius 3 is 2.33 bits per heavy atom. The molecule has 0 unspecified atom stereocenters. The topological polar surface area (TPSA) is 102 Å². The lowest BCUT2D eigenvalue weighted by Crippen LogP contribution is -2.45. The SMILES string of the molecule is CN(C)C(=O)NCCNCC(=O)N1CCC(C(=O)O)CC1. The van der Waals surface area contributed by atoms with Gasteiger partial charge in [0.2, 0.25) is 5.91 Å². The average Bonchev–Trinajstić information content (AvgIpc) is 2.46. The highest BCUT2D eigenvalue weighted by Crippen LogP contribution is 2.16. The fourth-order valence-corrected chi connectivity index (χ4v) is 2.10. The predicted octanol–water partition coefficient (Wildman–Crippen LogP) is -0.830. The largest absolute Gasteiger partial charge is 0.481 e. The first-order valence-corrected chi connectivity index (χ1v) is 7.08. The lowest BCUT2D eigenvalue weighted by atomic mass is 9.97. The molecule has 3 N–H and O–H groups in total. The molecule has 1 fully saturated rings. The number of carbonyl (C=O) groups is 3. The van der Waals surface area contributed by atoms with E-state index in [1.807, 2.05) is 0 Å². The monoisotopic (exact) mass is 300 g/mol. The van der Waals surface area contributed by atoms with Gasteiger partial charge >= 0.3 is 12.0 Å². The minimum atomic E-state index is -0.781. The summed E-state index contributed by atoms with van der Waals surface area (Å²) >= 11 is 0. The van der Waals surface area contributed by atoms with E-state index in [1.54, 1.807) is 19.0 Å². The van der Waals surface area contributed by atoms with Crippen molar-refractivity contribution in [1.82, 2.24) is 20.4 Å². The Kier molecular flexibility index (Phi) is 6.93. The number of hydrogen-bond acceptors (Lipinski definition) is 4. The number of carbonyl (C=O) groups excluding carboxylic acids is 2. The van der Waals surface area contributed by atoms with Crippen LogP contribution in [0.4, 0.5) is 4.79 Å². The van der Waals surface area contributed by atoms with Crippen LogP contribution in [-0.4, -0.2) is 79.6 Å². The highest BCUT2D eigenvalue weighted by Gasteiger charge is 2.26. The summed E-state index contributed by atoms with van der Waals surface area (Å²) in [5.41, 5.74) is 0. The standard InChI is InChI=1S/C13H24N4O4/c1-16(2)13(21)15-6-5-14-9-11(18)17-7-3-10(4-8-17)12(19)20/h10,14H,3-9H2,1-2H3,(H,15,21)(H,19,20). The summed E-state index contributed by atoms with van der Waals surface area (Å²) in [6.45, 7) is 2.15. The van der Waals surface area contributed by atoms with Crippen LogP contribution in [0.2, 0.25) is 0 Å². The Morgan fingerprint density at radius 1 is 1.19 bits per heavy atom. The van der Waals surface area contributed by atoms with Crippen molar-refractivity contribution in [2.24, 2.45) is 5.92 Å². The molecule has 1 saturated heterocycles. The van der Waals surface area contributed by atoms with Gasteiger partial charge in [-0.2, -0.15) is 0 Å². The molecule has 1 rings (SSSR count). The first-order chi connectivity index (χ1) is 9.91. The lowest BCUT2D eigenvalue weighted by molar-refractivity contribution is -0.145. The molecule has 0 atom stereocenters. The number of rotatable bonds is 6. The fourth-order valence-electron chi connectivity index (χ4n) is 2.10. The van der Waals surface area contributed by atoms with Gasteiger partial charge in [0.15, 0.2) is 0 Å². The second-order valence-corrected chi connectivity index (χ2v) is 5.30. The summed E-state index contributed by atoms with van der Waals surface area (Å²) in [5.74, 6) is -1.14. The van der Waals surface area contributed by atoms with Gasteiger partial charge < -0.3 is 25.5 Å². The third kappa shape index (κ3) is 5.99. The molecule has 1 heterocycles. The summed E-state index contributed by atoms with van der Waals surface area (Å²) in [7, 11) is 3.32. The summed E-state index contributed by atoms with van der Waals surface area (Å²) in [5, 5.41) is 14.6. The van der Waals surface area contributed by atoms with E-state index in [2.05, 4.69) is 10.6 Å². The van der Waals surface area contributed by atoms with Gasteiger partial charge in [-0.3, -0.25) is 9.59 Å². The number of piperidine rings is 1. The maximum atomic E-state index is 11.9. The summed E-state index contributed by atoms with van der Waals surface area (Å²) < 4.78 is 0. The average molecular weight is 300 g/mol. The van der Waals surface area contributed by atoms with Crippen LogP contribution in [0.1, 0.15) is 12.8 Å². The molecule has 0 aromatic heterocycles. The van der Waals surface area contributed by atoms with Crippen molar-refractivity contribution in [1.29, 1.82) is 0 Å². The van der Waals surface area contributed by atoms with Crippen molar-refractivity contribution in [3.8, 4) is 0 Å². The second-order valence-electron chi connectivity index (χ2n) is 5.30. The summed E-state index contributed by atoms with van der Waals surface area (Å²) in [6, 6.07) is -0.168. The molecule has 0 saturated carbocycles. The van der Waals surface area contributed by atoms with Crippen LogP contribution in [0.3, 0.4) is 0 Å². The minimum absolute atomic E-state index is 0.0298. The maximum Gasteiger partial charge on any atom is 0.316 e. The highest BCUT2D eigenvalue weighted by atomic mass is 16.4. The zero-order valence-corrected chi connectivity index (χ0v) is 12.6. The van der Waals surface area contributed by atoms with Crippen LogP contribution in [-0.2, 0) is 9.59 Å². The number of amides is 3. The molecule has 0 aliphatic carbocycles. The van der Waals surface area contributed by atoms with E-state index in [-0.39, 0.29) is 24.4 Å². The van der Waals surface area contributed by atoms with Crippen molar-refractivity contribution in [2.45, 2.75) is 12.8 Å². The number of aliphatic carboxylic acids is 1. The number of carboxylic acids is 1. The molecule has 21 heavy (non-hydrogen) atoms. The molecule has 0 bridgehead atoms. The number of nitrogens with one attached hydrogen (secondary N) is 2. The Bertz CT molecular complexity index is 378. The molecular weight excluding hydrogens is 276 g/mol. The first kappa shape index (κ1) is 17.2.